The average Bonchev–Trinajstić information content (AvgIpc) is 2.30. The van der Waals surface area contributed by atoms with Gasteiger partial charge < -0.3 is 5.11 Å². The van der Waals surface area contributed by atoms with Crippen molar-refractivity contribution < 1.29 is 13.5 Å². The molecule has 2 N–H and O–H groups in total. The first kappa shape index (κ1) is 16.3. The summed E-state index contributed by atoms with van der Waals surface area (Å²) < 4.78 is 27.2. The number of aliphatic hydroxyl groups excluding tert-OH is 1. The lowest BCUT2D eigenvalue weighted by atomic mass is 9.93. The van der Waals surface area contributed by atoms with Crippen LogP contribution in [0.25, 0.3) is 0 Å². The van der Waals surface area contributed by atoms with Crippen LogP contribution in [-0.4, -0.2) is 25.7 Å². The van der Waals surface area contributed by atoms with Crippen molar-refractivity contribution in [1.82, 2.24) is 4.72 Å². The molecule has 1 aromatic carbocycles. The second kappa shape index (κ2) is 6.38. The molecule has 2 atom stereocenters. The van der Waals surface area contributed by atoms with E-state index in [1.165, 1.54) is 12.1 Å². The Kier molecular flexibility index (Phi) is 5.21. The van der Waals surface area contributed by atoms with Crippen LogP contribution in [-0.2, 0) is 10.0 Å². The molecule has 0 aromatic heterocycles. The first-order valence-corrected chi connectivity index (χ1v) is 8.78. The van der Waals surface area contributed by atoms with Gasteiger partial charge in [0.1, 0.15) is 4.90 Å². The van der Waals surface area contributed by atoms with Crippen LogP contribution in [0.15, 0.2) is 17.0 Å². The minimum absolute atomic E-state index is 0.0414. The Bertz CT molecular complexity index is 583. The molecule has 0 amide bonds. The first-order valence-electron chi connectivity index (χ1n) is 6.16. The van der Waals surface area contributed by atoms with E-state index >= 15 is 0 Å². The van der Waals surface area contributed by atoms with Crippen molar-refractivity contribution in [3.05, 3.63) is 27.2 Å². The predicted molar refractivity (Wildman–Crippen MR) is 80.1 cm³/mol. The van der Waals surface area contributed by atoms with E-state index in [2.05, 4.69) is 4.72 Å². The van der Waals surface area contributed by atoms with Gasteiger partial charge in [-0.2, -0.15) is 0 Å². The van der Waals surface area contributed by atoms with Crippen LogP contribution in [0.4, 0.5) is 0 Å². The lowest BCUT2D eigenvalue weighted by Crippen LogP contribution is -2.45. The fourth-order valence-electron chi connectivity index (χ4n) is 2.29. The van der Waals surface area contributed by atoms with Gasteiger partial charge in [-0.15, -0.1) is 0 Å². The molecule has 0 radical (unpaired) electrons. The molecule has 0 aliphatic heterocycles. The lowest BCUT2D eigenvalue weighted by molar-refractivity contribution is 0.101. The summed E-state index contributed by atoms with van der Waals surface area (Å²) in [6.07, 6.45) is 2.23. The van der Waals surface area contributed by atoms with Crippen LogP contribution in [0, 0.1) is 0 Å². The van der Waals surface area contributed by atoms with Crippen LogP contribution in [0.3, 0.4) is 0 Å². The molecule has 0 spiro atoms. The van der Waals surface area contributed by atoms with Gasteiger partial charge in [0, 0.05) is 11.1 Å². The zero-order valence-electron chi connectivity index (χ0n) is 10.4. The van der Waals surface area contributed by atoms with Crippen LogP contribution in [0.1, 0.15) is 25.7 Å². The SMILES string of the molecule is O=S(=O)(NC1CCCCC1O)c1c(Cl)cc(Cl)cc1Cl. The molecule has 4 nitrogen and oxygen atoms in total. The van der Waals surface area contributed by atoms with Gasteiger partial charge in [-0.05, 0) is 25.0 Å². The summed E-state index contributed by atoms with van der Waals surface area (Å²) in [6, 6.07) is 2.12. The van der Waals surface area contributed by atoms with E-state index in [1.54, 1.807) is 0 Å². The maximum Gasteiger partial charge on any atom is 0.243 e. The molecule has 0 heterocycles. The molecule has 0 saturated heterocycles. The summed E-state index contributed by atoms with van der Waals surface area (Å²) in [5.41, 5.74) is 0. The summed E-state index contributed by atoms with van der Waals surface area (Å²) in [4.78, 5) is -0.206. The van der Waals surface area contributed by atoms with Gasteiger partial charge in [0.15, 0.2) is 0 Å². The molecule has 2 rings (SSSR count). The quantitative estimate of drug-likeness (QED) is 0.872. The van der Waals surface area contributed by atoms with Crippen molar-refractivity contribution in [3.63, 3.8) is 0 Å². The van der Waals surface area contributed by atoms with E-state index in [1.807, 2.05) is 0 Å². The van der Waals surface area contributed by atoms with Gasteiger partial charge in [-0.1, -0.05) is 47.6 Å². The van der Waals surface area contributed by atoms with Crippen molar-refractivity contribution >= 4 is 44.8 Å². The minimum Gasteiger partial charge on any atom is -0.391 e. The number of benzene rings is 1. The second-order valence-corrected chi connectivity index (χ2v) is 7.68. The van der Waals surface area contributed by atoms with E-state index in [0.717, 1.165) is 12.8 Å². The summed E-state index contributed by atoms with van der Waals surface area (Å²) in [7, 11) is -3.90. The van der Waals surface area contributed by atoms with Crippen molar-refractivity contribution in [2.45, 2.75) is 42.7 Å². The summed E-state index contributed by atoms with van der Waals surface area (Å²) in [5.74, 6) is 0. The Morgan fingerprint density at radius 2 is 1.65 bits per heavy atom. The topological polar surface area (TPSA) is 66.4 Å². The van der Waals surface area contributed by atoms with Gasteiger partial charge in [-0.25, -0.2) is 13.1 Å². The van der Waals surface area contributed by atoms with Crippen molar-refractivity contribution in [3.8, 4) is 0 Å². The molecule has 20 heavy (non-hydrogen) atoms. The fraction of sp³-hybridized carbons (Fsp3) is 0.500. The number of sulfonamides is 1. The van der Waals surface area contributed by atoms with E-state index in [-0.39, 0.29) is 20.0 Å². The Balaban J connectivity index is 2.31. The zero-order chi connectivity index (χ0) is 14.9. The first-order chi connectivity index (χ1) is 9.31. The van der Waals surface area contributed by atoms with E-state index in [9.17, 15) is 13.5 Å². The largest absolute Gasteiger partial charge is 0.391 e. The van der Waals surface area contributed by atoms with E-state index in [4.69, 9.17) is 34.8 Å². The molecule has 112 valence electrons. The molecule has 1 aliphatic carbocycles. The van der Waals surface area contributed by atoms with Crippen molar-refractivity contribution in [1.29, 1.82) is 0 Å². The summed E-state index contributed by atoms with van der Waals surface area (Å²) in [6.45, 7) is 0. The summed E-state index contributed by atoms with van der Waals surface area (Å²) in [5, 5.41) is 10.0. The number of hydrogen-bond acceptors (Lipinski definition) is 3. The summed E-state index contributed by atoms with van der Waals surface area (Å²) >= 11 is 17.6. The third-order valence-electron chi connectivity index (χ3n) is 3.27. The highest BCUT2D eigenvalue weighted by atomic mass is 35.5. The van der Waals surface area contributed by atoms with Crippen molar-refractivity contribution in [2.24, 2.45) is 0 Å². The van der Waals surface area contributed by atoms with Crippen LogP contribution in [0.5, 0.6) is 0 Å². The third kappa shape index (κ3) is 3.59. The highest BCUT2D eigenvalue weighted by molar-refractivity contribution is 7.89. The molecule has 2 unspecified atom stereocenters. The molecule has 1 aliphatic rings. The maximum atomic E-state index is 12.4. The molecule has 1 aromatic rings. The van der Waals surface area contributed by atoms with Crippen LogP contribution >= 0.6 is 34.8 Å². The van der Waals surface area contributed by atoms with Gasteiger partial charge in [0.05, 0.1) is 16.1 Å². The predicted octanol–water partition coefficient (Wildman–Crippen LogP) is 3.23. The lowest BCUT2D eigenvalue weighted by Gasteiger charge is -2.28. The van der Waals surface area contributed by atoms with Crippen molar-refractivity contribution in [2.75, 3.05) is 0 Å². The molecule has 1 saturated carbocycles. The number of halogens is 3. The normalized spacial score (nSPS) is 23.8. The average molecular weight is 359 g/mol. The molecular formula is C12H14Cl3NO3S. The minimum atomic E-state index is -3.90. The zero-order valence-corrected chi connectivity index (χ0v) is 13.5. The van der Waals surface area contributed by atoms with Crippen LogP contribution in [0.2, 0.25) is 15.1 Å². The van der Waals surface area contributed by atoms with Gasteiger partial charge in [-0.3, -0.25) is 0 Å². The van der Waals surface area contributed by atoms with Crippen LogP contribution < -0.4 is 4.72 Å². The Hall–Kier alpha value is -0.0400. The van der Waals surface area contributed by atoms with E-state index < -0.39 is 22.2 Å². The van der Waals surface area contributed by atoms with Gasteiger partial charge in [0.25, 0.3) is 0 Å². The number of nitrogens with one attached hydrogen (secondary N) is 1. The highest BCUT2D eigenvalue weighted by Gasteiger charge is 2.30. The maximum absolute atomic E-state index is 12.4. The molecular weight excluding hydrogens is 345 g/mol. The fourth-order valence-corrected chi connectivity index (χ4v) is 5.14. The Morgan fingerprint density at radius 1 is 1.10 bits per heavy atom. The Labute approximate surface area is 133 Å². The number of rotatable bonds is 3. The third-order valence-corrected chi connectivity index (χ3v) is 5.90. The monoisotopic (exact) mass is 357 g/mol. The molecule has 8 heteroatoms. The standard InChI is InChI=1S/C12H14Cl3NO3S/c13-7-5-8(14)12(9(15)6-7)20(18,19)16-10-3-1-2-4-11(10)17/h5-6,10-11,16-17H,1-4H2. The number of hydrogen-bond donors (Lipinski definition) is 2. The van der Waals surface area contributed by atoms with E-state index in [0.29, 0.717) is 12.8 Å². The molecule has 1 fully saturated rings. The number of aliphatic hydroxyl groups is 1. The molecule has 0 bridgehead atoms. The Morgan fingerprint density at radius 3 is 2.20 bits per heavy atom. The van der Waals surface area contributed by atoms with Gasteiger partial charge >= 0.3 is 0 Å². The van der Waals surface area contributed by atoms with Gasteiger partial charge in [0.2, 0.25) is 10.0 Å². The smallest absolute Gasteiger partial charge is 0.243 e. The second-order valence-electron chi connectivity index (χ2n) is 4.78. The highest BCUT2D eigenvalue weighted by Crippen LogP contribution is 2.33.